The summed E-state index contributed by atoms with van der Waals surface area (Å²) < 4.78 is 17.7. The SMILES string of the molecule is CCCC[C@H](NC(=O)[C@@H]1C[C@@H](Oc2cc(-c3ccccc3)nc3cc(OC)ccc23)CN1C(=O)[C@@H](NC(=O)OC(C)(C)C)C(C)C)C(=O)C(=O)NCC(=O)N[C@H](C(=O)N(C)C)c1ccccc1. The lowest BCUT2D eigenvalue weighted by Crippen LogP contribution is -2.57. The number of unbranched alkanes of at least 4 members (excludes halogenated alkanes) is 1. The minimum Gasteiger partial charge on any atom is -0.497 e. The Bertz CT molecular complexity index is 2400. The first-order valence-electron chi connectivity index (χ1n) is 22.5. The molecule has 0 radical (unpaired) electrons. The maximum atomic E-state index is 14.6. The van der Waals surface area contributed by atoms with Gasteiger partial charge in [-0.3, -0.25) is 28.8 Å². The predicted molar refractivity (Wildman–Crippen MR) is 252 cm³/mol. The van der Waals surface area contributed by atoms with Crippen molar-refractivity contribution in [1.29, 1.82) is 0 Å². The molecule has 1 aliphatic rings. The highest BCUT2D eigenvalue weighted by Gasteiger charge is 2.45. The van der Waals surface area contributed by atoms with Crippen LogP contribution in [0.1, 0.15) is 78.8 Å². The van der Waals surface area contributed by atoms with Gasteiger partial charge in [0.25, 0.3) is 5.91 Å². The molecule has 1 fully saturated rings. The molecule has 3 aromatic carbocycles. The first kappa shape index (κ1) is 51.0. The van der Waals surface area contributed by atoms with Crippen molar-refractivity contribution in [3.05, 3.63) is 90.5 Å². The number of hydrogen-bond donors (Lipinski definition) is 4. The Kier molecular flexibility index (Phi) is 17.4. The maximum absolute atomic E-state index is 14.6. The number of methoxy groups -OCH3 is 1. The average Bonchev–Trinajstić information content (AvgIpc) is 3.73. The number of carbonyl (C=O) groups excluding carboxylic acids is 7. The van der Waals surface area contributed by atoms with Gasteiger partial charge in [-0.25, -0.2) is 9.78 Å². The number of carbonyl (C=O) groups is 7. The lowest BCUT2D eigenvalue weighted by Gasteiger charge is -2.31. The van der Waals surface area contributed by atoms with Crippen LogP contribution < -0.4 is 30.7 Å². The second-order valence-corrected chi connectivity index (χ2v) is 18.0. The summed E-state index contributed by atoms with van der Waals surface area (Å²) in [5.74, 6) is -3.96. The number of Topliss-reactive ketones (excluding diaryl/α,β-unsaturated/α-hetero) is 1. The summed E-state index contributed by atoms with van der Waals surface area (Å²) in [5.41, 5.74) is 1.70. The number of amides is 6. The minimum atomic E-state index is -1.33. The van der Waals surface area contributed by atoms with Crippen LogP contribution in [0.4, 0.5) is 4.79 Å². The number of fused-ring (bicyclic) bond motifs is 1. The van der Waals surface area contributed by atoms with Crippen LogP contribution in [-0.4, -0.2) is 120 Å². The number of nitrogens with zero attached hydrogens (tertiary/aromatic N) is 3. The Balaban J connectivity index is 1.41. The average molecular weight is 922 g/mol. The standard InChI is InChI=1S/C50H63N7O10/c1-10-11-22-36(44(59)46(61)51-28-41(58)54-43(47(62)56(7)8)32-20-16-13-17-21-32)53-45(60)39-26-34(29-57(39)48(63)42(30(2)3)55-49(64)67-50(4,5)6)66-40-27-37(31-18-14-12-15-19-31)52-38-25-33(65-9)23-24-35(38)40/h12-21,23-25,27,30,34,36,39,42-43H,10-11,22,26,28-29H2,1-9H3,(H,51,61)(H,53,60)(H,54,58)(H,55,64)/t34-,36+,39+,42+,43+/m1/s1. The number of hydrogen-bond acceptors (Lipinski definition) is 11. The van der Waals surface area contributed by atoms with Gasteiger partial charge in [0.15, 0.2) is 0 Å². The van der Waals surface area contributed by atoms with E-state index < -0.39 is 89.7 Å². The molecule has 0 spiro atoms. The van der Waals surface area contributed by atoms with Crippen molar-refractivity contribution in [1.82, 2.24) is 36.1 Å². The molecule has 1 aliphatic heterocycles. The van der Waals surface area contributed by atoms with Crippen molar-refractivity contribution in [3.63, 3.8) is 0 Å². The number of alkyl carbamates (subject to hydrolysis) is 1. The van der Waals surface area contributed by atoms with Crippen LogP contribution in [0.25, 0.3) is 22.2 Å². The largest absolute Gasteiger partial charge is 0.497 e. The number of ether oxygens (including phenoxy) is 3. The lowest BCUT2D eigenvalue weighted by molar-refractivity contribution is -0.143. The molecule has 4 aromatic rings. The van der Waals surface area contributed by atoms with E-state index in [1.807, 2.05) is 43.3 Å². The molecule has 1 saturated heterocycles. The summed E-state index contributed by atoms with van der Waals surface area (Å²) in [6, 6.07) is 20.6. The molecule has 17 heteroatoms. The van der Waals surface area contributed by atoms with Crippen LogP contribution in [0, 0.1) is 5.92 Å². The second-order valence-electron chi connectivity index (χ2n) is 18.0. The Morgan fingerprint density at radius 3 is 2.16 bits per heavy atom. The number of ketones is 1. The zero-order chi connectivity index (χ0) is 49.0. The number of pyridine rings is 1. The third kappa shape index (κ3) is 13.7. The van der Waals surface area contributed by atoms with Gasteiger partial charge >= 0.3 is 6.09 Å². The zero-order valence-electron chi connectivity index (χ0n) is 39.7. The van der Waals surface area contributed by atoms with Crippen LogP contribution in [-0.2, 0) is 33.5 Å². The fourth-order valence-electron chi connectivity index (χ4n) is 7.59. The van der Waals surface area contributed by atoms with Gasteiger partial charge < -0.3 is 45.3 Å². The van der Waals surface area contributed by atoms with Crippen molar-refractivity contribution < 1.29 is 47.8 Å². The number of benzene rings is 3. The van der Waals surface area contributed by atoms with Crippen molar-refractivity contribution in [2.24, 2.45) is 5.92 Å². The molecule has 0 saturated carbocycles. The summed E-state index contributed by atoms with van der Waals surface area (Å²) >= 11 is 0. The van der Waals surface area contributed by atoms with E-state index >= 15 is 0 Å². The number of aromatic nitrogens is 1. The van der Waals surface area contributed by atoms with E-state index in [0.717, 1.165) is 5.56 Å². The van der Waals surface area contributed by atoms with Crippen molar-refractivity contribution in [3.8, 4) is 22.8 Å². The Morgan fingerprint density at radius 1 is 0.881 bits per heavy atom. The number of nitrogens with one attached hydrogen (secondary N) is 4. The summed E-state index contributed by atoms with van der Waals surface area (Å²) in [6.07, 6.45) is -0.450. The molecule has 0 bridgehead atoms. The van der Waals surface area contributed by atoms with Gasteiger partial charge in [-0.05, 0) is 50.8 Å². The monoisotopic (exact) mass is 921 g/mol. The highest BCUT2D eigenvalue weighted by atomic mass is 16.6. The fraction of sp³-hybridized carbons (Fsp3) is 0.440. The minimum absolute atomic E-state index is 0.0230. The van der Waals surface area contributed by atoms with Crippen molar-refractivity contribution in [2.75, 3.05) is 34.3 Å². The van der Waals surface area contributed by atoms with Crippen LogP contribution in [0.3, 0.4) is 0 Å². The molecular formula is C50H63N7O10. The Morgan fingerprint density at radius 2 is 1.55 bits per heavy atom. The molecular weight excluding hydrogens is 859 g/mol. The number of likely N-dealkylation sites (tertiary alicyclic amines) is 1. The number of likely N-dealkylation sites (N-methyl/N-ethyl adjacent to an activating group) is 1. The van der Waals surface area contributed by atoms with Crippen LogP contribution in [0.5, 0.6) is 11.5 Å². The Hall–Kier alpha value is -7.04. The molecule has 17 nitrogen and oxygen atoms in total. The molecule has 6 amide bonds. The molecule has 0 aliphatic carbocycles. The maximum Gasteiger partial charge on any atom is 0.408 e. The second kappa shape index (κ2) is 22.9. The van der Waals surface area contributed by atoms with Crippen LogP contribution in [0.2, 0.25) is 0 Å². The molecule has 67 heavy (non-hydrogen) atoms. The smallest absolute Gasteiger partial charge is 0.408 e. The van der Waals surface area contributed by atoms with Gasteiger partial charge in [0.05, 0.1) is 37.5 Å². The summed E-state index contributed by atoms with van der Waals surface area (Å²) in [6.45, 7) is 9.78. The van der Waals surface area contributed by atoms with E-state index in [4.69, 9.17) is 19.2 Å². The van der Waals surface area contributed by atoms with E-state index in [9.17, 15) is 33.6 Å². The third-order valence-electron chi connectivity index (χ3n) is 11.0. The van der Waals surface area contributed by atoms with E-state index in [0.29, 0.717) is 46.5 Å². The first-order valence-corrected chi connectivity index (χ1v) is 22.5. The molecule has 0 unspecified atom stereocenters. The van der Waals surface area contributed by atoms with E-state index in [-0.39, 0.29) is 19.4 Å². The highest BCUT2D eigenvalue weighted by Crippen LogP contribution is 2.35. The topological polar surface area (TPSA) is 215 Å². The molecule has 5 atom stereocenters. The molecule has 5 rings (SSSR count). The van der Waals surface area contributed by atoms with E-state index in [2.05, 4.69) is 21.3 Å². The first-order chi connectivity index (χ1) is 31.8. The predicted octanol–water partition coefficient (Wildman–Crippen LogP) is 5.11. The highest BCUT2D eigenvalue weighted by molar-refractivity contribution is 6.38. The zero-order valence-corrected chi connectivity index (χ0v) is 39.7. The van der Waals surface area contributed by atoms with Gasteiger partial charge in [-0.1, -0.05) is 94.3 Å². The van der Waals surface area contributed by atoms with Crippen molar-refractivity contribution >= 4 is 52.3 Å². The molecule has 1 aromatic heterocycles. The fourth-order valence-corrected chi connectivity index (χ4v) is 7.59. The molecule has 358 valence electrons. The quantitative estimate of drug-likeness (QED) is 0.0907. The molecule has 4 N–H and O–H groups in total. The summed E-state index contributed by atoms with van der Waals surface area (Å²) in [4.78, 5) is 103. The van der Waals surface area contributed by atoms with Gasteiger partial charge in [-0.2, -0.15) is 0 Å². The molecule has 2 heterocycles. The van der Waals surface area contributed by atoms with Gasteiger partial charge in [0.1, 0.15) is 41.3 Å². The van der Waals surface area contributed by atoms with Gasteiger partial charge in [-0.15, -0.1) is 0 Å². The van der Waals surface area contributed by atoms with Crippen LogP contribution in [0.15, 0.2) is 84.9 Å². The lowest BCUT2D eigenvalue weighted by atomic mass is 10.0. The number of rotatable bonds is 19. The third-order valence-corrected chi connectivity index (χ3v) is 11.0. The summed E-state index contributed by atoms with van der Waals surface area (Å²) in [5, 5.41) is 11.0. The van der Waals surface area contributed by atoms with Crippen LogP contribution >= 0.6 is 0 Å². The van der Waals surface area contributed by atoms with E-state index in [1.54, 1.807) is 104 Å². The van der Waals surface area contributed by atoms with Gasteiger partial charge in [0.2, 0.25) is 29.4 Å². The Labute approximate surface area is 391 Å². The van der Waals surface area contributed by atoms with Crippen molar-refractivity contribution in [2.45, 2.75) is 103 Å². The van der Waals surface area contributed by atoms with Gasteiger partial charge in [0, 0.05) is 43.6 Å². The normalized spacial score (nSPS) is 16.0. The van der Waals surface area contributed by atoms with E-state index in [1.165, 1.54) is 9.80 Å². The summed E-state index contributed by atoms with van der Waals surface area (Å²) in [7, 11) is 4.66.